The van der Waals surface area contributed by atoms with E-state index in [0.29, 0.717) is 17.8 Å². The molecule has 1 radical (unpaired) electrons. The van der Waals surface area contributed by atoms with Crippen LogP contribution in [0.5, 0.6) is 0 Å². The van der Waals surface area contributed by atoms with Gasteiger partial charge in [-0.2, -0.15) is 0 Å². The molecule has 2 aromatic rings. The van der Waals surface area contributed by atoms with Gasteiger partial charge in [-0.1, -0.05) is 77.9 Å². The van der Waals surface area contributed by atoms with E-state index >= 15 is 0 Å². The normalized spacial score (nSPS) is 11.7. The first-order valence-corrected chi connectivity index (χ1v) is 8.07. The lowest BCUT2D eigenvalue weighted by atomic mass is 9.85. The highest BCUT2D eigenvalue weighted by atomic mass is 14.2. The summed E-state index contributed by atoms with van der Waals surface area (Å²) in [5, 5.41) is 0. The molecule has 0 bridgehead atoms. The summed E-state index contributed by atoms with van der Waals surface area (Å²) in [6.07, 6.45) is 0. The molecule has 0 N–H and O–H groups in total. The minimum absolute atomic E-state index is 0.485. The van der Waals surface area contributed by atoms with Crippen molar-refractivity contribution in [1.82, 2.24) is 0 Å². The van der Waals surface area contributed by atoms with Crippen LogP contribution in [-0.2, 0) is 0 Å². The van der Waals surface area contributed by atoms with Crippen LogP contribution >= 0.6 is 0 Å². The molecule has 0 heterocycles. The Morgan fingerprint density at radius 1 is 0.667 bits per heavy atom. The smallest absolute Gasteiger partial charge is 0.0102 e. The molecule has 0 unspecified atom stereocenters. The lowest BCUT2D eigenvalue weighted by Crippen LogP contribution is -2.00. The van der Waals surface area contributed by atoms with Crippen LogP contribution in [0, 0.1) is 6.07 Å². The molecule has 2 rings (SSSR count). The van der Waals surface area contributed by atoms with Crippen molar-refractivity contribution >= 4 is 0 Å². The van der Waals surface area contributed by atoms with Crippen molar-refractivity contribution in [2.45, 2.75) is 59.3 Å². The highest BCUT2D eigenvalue weighted by Gasteiger charge is 2.15. The van der Waals surface area contributed by atoms with E-state index in [1.54, 1.807) is 0 Å². The van der Waals surface area contributed by atoms with E-state index in [9.17, 15) is 0 Å². The molecule has 0 atom stereocenters. The lowest BCUT2D eigenvalue weighted by Gasteiger charge is -2.19. The Labute approximate surface area is 130 Å². The van der Waals surface area contributed by atoms with Gasteiger partial charge in [0.05, 0.1) is 0 Å². The Balaban J connectivity index is 2.64. The largest absolute Gasteiger partial charge is 0.0619 e. The van der Waals surface area contributed by atoms with E-state index in [2.05, 4.69) is 84.0 Å². The van der Waals surface area contributed by atoms with Crippen LogP contribution in [0.25, 0.3) is 11.1 Å². The van der Waals surface area contributed by atoms with Crippen molar-refractivity contribution in [3.8, 4) is 11.1 Å². The Morgan fingerprint density at radius 3 is 1.90 bits per heavy atom. The quantitative estimate of drug-likeness (QED) is 0.597. The van der Waals surface area contributed by atoms with Gasteiger partial charge >= 0.3 is 0 Å². The molecule has 0 nitrogen and oxygen atoms in total. The fourth-order valence-electron chi connectivity index (χ4n) is 2.80. The van der Waals surface area contributed by atoms with Gasteiger partial charge in [-0.25, -0.2) is 0 Å². The summed E-state index contributed by atoms with van der Waals surface area (Å²) >= 11 is 0. The summed E-state index contributed by atoms with van der Waals surface area (Å²) in [5.41, 5.74) is 6.78. The molecule has 111 valence electrons. The van der Waals surface area contributed by atoms with E-state index < -0.39 is 0 Å². The highest BCUT2D eigenvalue weighted by Crippen LogP contribution is 2.35. The van der Waals surface area contributed by atoms with Crippen molar-refractivity contribution in [2.24, 2.45) is 0 Å². The van der Waals surface area contributed by atoms with Gasteiger partial charge in [0, 0.05) is 0 Å². The Bertz CT molecular complexity index is 603. The zero-order chi connectivity index (χ0) is 15.6. The molecular formula is C21H27. The van der Waals surface area contributed by atoms with Gasteiger partial charge in [0.15, 0.2) is 0 Å². The molecule has 0 heteroatoms. The average molecular weight is 279 g/mol. The fourth-order valence-corrected chi connectivity index (χ4v) is 2.80. The van der Waals surface area contributed by atoms with Gasteiger partial charge in [0.1, 0.15) is 0 Å². The first kappa shape index (κ1) is 15.8. The van der Waals surface area contributed by atoms with Gasteiger partial charge in [0.25, 0.3) is 0 Å². The zero-order valence-electron chi connectivity index (χ0n) is 14.2. The average Bonchev–Trinajstić information content (AvgIpc) is 2.46. The first-order chi connectivity index (χ1) is 9.91. The maximum atomic E-state index is 3.68. The minimum atomic E-state index is 0.485. The summed E-state index contributed by atoms with van der Waals surface area (Å²) in [6, 6.07) is 17.0. The van der Waals surface area contributed by atoms with Crippen molar-refractivity contribution in [3.63, 3.8) is 0 Å². The molecule has 0 aliphatic carbocycles. The fraction of sp³-hybridized carbons (Fsp3) is 0.429. The van der Waals surface area contributed by atoms with Crippen LogP contribution < -0.4 is 0 Å². The molecule has 21 heavy (non-hydrogen) atoms. The number of hydrogen-bond donors (Lipinski definition) is 0. The second kappa shape index (κ2) is 6.47. The second-order valence-corrected chi connectivity index (χ2v) is 6.79. The molecule has 0 aromatic heterocycles. The summed E-state index contributed by atoms with van der Waals surface area (Å²) in [6.45, 7) is 13.5. The summed E-state index contributed by atoms with van der Waals surface area (Å²) in [5.74, 6) is 1.54. The van der Waals surface area contributed by atoms with Gasteiger partial charge in [-0.15, -0.1) is 0 Å². The Hall–Kier alpha value is -1.56. The number of hydrogen-bond acceptors (Lipinski definition) is 0. The molecule has 0 aliphatic rings. The van der Waals surface area contributed by atoms with Crippen LogP contribution in [0.15, 0.2) is 36.4 Å². The predicted molar refractivity (Wildman–Crippen MR) is 93.0 cm³/mol. The lowest BCUT2D eigenvalue weighted by molar-refractivity contribution is 0.830. The topological polar surface area (TPSA) is 0 Å². The maximum absolute atomic E-state index is 3.68. The summed E-state index contributed by atoms with van der Waals surface area (Å²) in [7, 11) is 0. The molecule has 0 aliphatic heterocycles. The molecule has 0 saturated carbocycles. The van der Waals surface area contributed by atoms with Crippen molar-refractivity contribution in [2.75, 3.05) is 0 Å². The highest BCUT2D eigenvalue weighted by molar-refractivity contribution is 5.72. The van der Waals surface area contributed by atoms with Crippen LogP contribution in [0.2, 0.25) is 0 Å². The molecule has 0 fully saturated rings. The third kappa shape index (κ3) is 3.37. The van der Waals surface area contributed by atoms with E-state index in [4.69, 9.17) is 0 Å². The Morgan fingerprint density at radius 2 is 1.33 bits per heavy atom. The van der Waals surface area contributed by atoms with Crippen LogP contribution in [0.4, 0.5) is 0 Å². The number of benzene rings is 2. The van der Waals surface area contributed by atoms with Crippen molar-refractivity contribution < 1.29 is 0 Å². The van der Waals surface area contributed by atoms with E-state index in [1.165, 1.54) is 27.8 Å². The van der Waals surface area contributed by atoms with Crippen molar-refractivity contribution in [3.05, 3.63) is 59.2 Å². The monoisotopic (exact) mass is 279 g/mol. The second-order valence-electron chi connectivity index (χ2n) is 6.79. The standard InChI is InChI=1S/C21H27/c1-14(2)17-11-12-20(21(13-17)16(5)6)19-10-8-7-9-18(19)15(3)4/h7-12,14-16H,1-6H3. The number of rotatable bonds is 4. The van der Waals surface area contributed by atoms with Crippen LogP contribution in [-0.4, -0.2) is 0 Å². The molecule has 0 saturated heterocycles. The zero-order valence-corrected chi connectivity index (χ0v) is 14.2. The molecule has 2 aromatic carbocycles. The van der Waals surface area contributed by atoms with Gasteiger partial charge < -0.3 is 0 Å². The van der Waals surface area contributed by atoms with Gasteiger partial charge in [-0.05, 0) is 51.6 Å². The van der Waals surface area contributed by atoms with E-state index in [1.807, 2.05) is 0 Å². The molecule has 0 amide bonds. The van der Waals surface area contributed by atoms with E-state index in [0.717, 1.165) is 0 Å². The van der Waals surface area contributed by atoms with Crippen LogP contribution in [0.1, 0.15) is 76.0 Å². The summed E-state index contributed by atoms with van der Waals surface area (Å²) in [4.78, 5) is 0. The third-order valence-electron chi connectivity index (χ3n) is 4.07. The molecule has 0 spiro atoms. The Kier molecular flexibility index (Phi) is 4.88. The SMILES string of the molecule is CC(C)c1[c]c(C(C)C)c(-c2ccccc2C(C)C)cc1. The van der Waals surface area contributed by atoms with E-state index in [-0.39, 0.29) is 0 Å². The van der Waals surface area contributed by atoms with Gasteiger partial charge in [0.2, 0.25) is 0 Å². The van der Waals surface area contributed by atoms with Crippen molar-refractivity contribution in [1.29, 1.82) is 0 Å². The predicted octanol–water partition coefficient (Wildman–Crippen LogP) is 6.52. The third-order valence-corrected chi connectivity index (χ3v) is 4.07. The first-order valence-electron chi connectivity index (χ1n) is 8.07. The summed E-state index contributed by atoms with van der Waals surface area (Å²) < 4.78 is 0. The van der Waals surface area contributed by atoms with Crippen LogP contribution in [0.3, 0.4) is 0 Å². The minimum Gasteiger partial charge on any atom is -0.0619 e. The maximum Gasteiger partial charge on any atom is -0.0102 e. The van der Waals surface area contributed by atoms with Gasteiger partial charge in [-0.3, -0.25) is 0 Å². The molecular weight excluding hydrogens is 252 g/mol.